The number of carbonyl (C=O) groups is 2. The molecule has 10 heteroatoms. The van der Waals surface area contributed by atoms with Gasteiger partial charge in [-0.1, -0.05) is 42.5 Å². The number of amidine groups is 1. The van der Waals surface area contributed by atoms with Crippen molar-refractivity contribution in [1.29, 1.82) is 0 Å². The first-order valence-electron chi connectivity index (χ1n) is 15.6. The molecule has 0 spiro atoms. The smallest absolute Gasteiger partial charge is 0.240 e. The lowest BCUT2D eigenvalue weighted by Gasteiger charge is -2.34. The van der Waals surface area contributed by atoms with Crippen LogP contribution in [-0.4, -0.2) is 67.2 Å². The first-order valence-corrected chi connectivity index (χ1v) is 16.5. The fourth-order valence-electron chi connectivity index (χ4n) is 5.57. The molecule has 1 saturated heterocycles. The summed E-state index contributed by atoms with van der Waals surface area (Å²) in [4.78, 5) is 32.5. The van der Waals surface area contributed by atoms with Crippen LogP contribution >= 0.6 is 11.9 Å². The molecule has 5 N–H and O–H groups in total. The lowest BCUT2D eigenvalue weighted by Crippen LogP contribution is -2.48. The van der Waals surface area contributed by atoms with E-state index >= 15 is 0 Å². The summed E-state index contributed by atoms with van der Waals surface area (Å²) < 4.78 is 9.07. The lowest BCUT2D eigenvalue weighted by molar-refractivity contribution is -0.134. The van der Waals surface area contributed by atoms with Gasteiger partial charge in [-0.25, -0.2) is 9.71 Å². The van der Waals surface area contributed by atoms with Crippen molar-refractivity contribution in [3.8, 4) is 16.9 Å². The van der Waals surface area contributed by atoms with Gasteiger partial charge in [-0.15, -0.1) is 0 Å². The Hall–Kier alpha value is -3.86. The molecule has 3 aromatic carbocycles. The average Bonchev–Trinajstić information content (AvgIpc) is 3.07. The van der Waals surface area contributed by atoms with Gasteiger partial charge in [0.15, 0.2) is 0 Å². The largest absolute Gasteiger partial charge is 0.494 e. The monoisotopic (exact) mass is 631 g/mol. The Kier molecular flexibility index (Phi) is 13.3. The molecule has 9 nitrogen and oxygen atoms in total. The van der Waals surface area contributed by atoms with Crippen LogP contribution in [0, 0.1) is 5.92 Å². The normalized spacial score (nSPS) is 14.6. The SMILES string of the molecule is CCOc1ccc(-c2cccc(SN[C@@H](Cc3cccc(C(N)=NCO)c3)C(=O)N3CCC(CCCC(=O)NC)CC3)c2)cc1. The molecule has 1 aliphatic rings. The molecular weight excluding hydrogens is 586 g/mol. The molecule has 2 amide bonds. The van der Waals surface area contributed by atoms with E-state index in [0.29, 0.717) is 44.0 Å². The van der Waals surface area contributed by atoms with Gasteiger partial charge in [-0.2, -0.15) is 0 Å². The summed E-state index contributed by atoms with van der Waals surface area (Å²) in [5, 5.41) is 11.9. The summed E-state index contributed by atoms with van der Waals surface area (Å²) >= 11 is 1.45. The van der Waals surface area contributed by atoms with Gasteiger partial charge in [0.25, 0.3) is 0 Å². The van der Waals surface area contributed by atoms with Crippen molar-refractivity contribution in [1.82, 2.24) is 14.9 Å². The molecule has 0 aromatic heterocycles. The molecule has 0 radical (unpaired) electrons. The number of ether oxygens (including phenoxy) is 1. The molecule has 1 fully saturated rings. The molecule has 0 unspecified atom stereocenters. The predicted octanol–water partition coefficient (Wildman–Crippen LogP) is 4.77. The number of hydrogen-bond donors (Lipinski definition) is 4. The van der Waals surface area contributed by atoms with Crippen molar-refractivity contribution in [3.05, 3.63) is 83.9 Å². The zero-order valence-electron chi connectivity index (χ0n) is 26.2. The second kappa shape index (κ2) is 17.6. The molecule has 0 bridgehead atoms. The van der Waals surface area contributed by atoms with Gasteiger partial charge in [0.2, 0.25) is 11.8 Å². The van der Waals surface area contributed by atoms with Crippen molar-refractivity contribution < 1.29 is 19.4 Å². The lowest BCUT2D eigenvalue weighted by atomic mass is 9.91. The number of aliphatic imine (C=N–C) groups is 1. The number of nitrogens with two attached hydrogens (primary N) is 1. The van der Waals surface area contributed by atoms with Crippen molar-refractivity contribution in [2.75, 3.05) is 33.5 Å². The number of aliphatic hydroxyl groups excluding tert-OH is 1. The Morgan fingerprint density at radius 2 is 1.82 bits per heavy atom. The third-order valence-corrected chi connectivity index (χ3v) is 8.97. The highest BCUT2D eigenvalue weighted by molar-refractivity contribution is 7.97. The van der Waals surface area contributed by atoms with E-state index in [0.717, 1.165) is 53.0 Å². The van der Waals surface area contributed by atoms with E-state index in [2.05, 4.69) is 39.3 Å². The van der Waals surface area contributed by atoms with Crippen molar-refractivity contribution in [3.63, 3.8) is 0 Å². The summed E-state index contributed by atoms with van der Waals surface area (Å²) in [7, 11) is 1.67. The van der Waals surface area contributed by atoms with Crippen LogP contribution in [0.25, 0.3) is 11.1 Å². The van der Waals surface area contributed by atoms with E-state index < -0.39 is 6.04 Å². The maximum absolute atomic E-state index is 14.0. The van der Waals surface area contributed by atoms with Crippen LogP contribution in [0.4, 0.5) is 0 Å². The van der Waals surface area contributed by atoms with Gasteiger partial charge < -0.3 is 25.8 Å². The number of nitrogens with zero attached hydrogens (tertiary/aromatic N) is 2. The molecule has 0 saturated carbocycles. The summed E-state index contributed by atoms with van der Waals surface area (Å²) in [5.74, 6) is 1.77. The topological polar surface area (TPSA) is 129 Å². The number of piperidine rings is 1. The van der Waals surface area contributed by atoms with Crippen LogP contribution in [0.5, 0.6) is 5.75 Å². The highest BCUT2D eigenvalue weighted by Crippen LogP contribution is 2.28. The molecule has 45 heavy (non-hydrogen) atoms. The van der Waals surface area contributed by atoms with Crippen molar-refractivity contribution in [2.45, 2.75) is 56.4 Å². The van der Waals surface area contributed by atoms with E-state index in [1.807, 2.05) is 60.4 Å². The molecule has 4 rings (SSSR count). The maximum Gasteiger partial charge on any atom is 0.240 e. The Morgan fingerprint density at radius 1 is 1.07 bits per heavy atom. The Labute approximate surface area is 270 Å². The van der Waals surface area contributed by atoms with Gasteiger partial charge in [0, 0.05) is 37.0 Å². The van der Waals surface area contributed by atoms with E-state index in [9.17, 15) is 14.7 Å². The number of rotatable bonds is 15. The summed E-state index contributed by atoms with van der Waals surface area (Å²) in [6.45, 7) is 3.62. The molecule has 1 atom stereocenters. The number of amides is 2. The van der Waals surface area contributed by atoms with Gasteiger partial charge in [0.1, 0.15) is 24.4 Å². The summed E-state index contributed by atoms with van der Waals surface area (Å²) in [5.41, 5.74) is 9.87. The number of benzene rings is 3. The molecule has 0 aliphatic carbocycles. The van der Waals surface area contributed by atoms with Crippen LogP contribution in [0.15, 0.2) is 82.7 Å². The van der Waals surface area contributed by atoms with Crippen LogP contribution in [0.2, 0.25) is 0 Å². The number of hydrogen-bond acceptors (Lipinski definition) is 7. The van der Waals surface area contributed by atoms with E-state index in [-0.39, 0.29) is 24.4 Å². The fourth-order valence-corrected chi connectivity index (χ4v) is 6.36. The number of carbonyl (C=O) groups excluding carboxylic acids is 2. The Morgan fingerprint density at radius 3 is 2.53 bits per heavy atom. The Bertz CT molecular complexity index is 1420. The van der Waals surface area contributed by atoms with E-state index in [1.54, 1.807) is 7.05 Å². The predicted molar refractivity (Wildman–Crippen MR) is 181 cm³/mol. The van der Waals surface area contributed by atoms with Crippen LogP contribution in [-0.2, 0) is 16.0 Å². The summed E-state index contributed by atoms with van der Waals surface area (Å²) in [6, 6.07) is 23.5. The van der Waals surface area contributed by atoms with Gasteiger partial charge in [-0.3, -0.25) is 9.59 Å². The van der Waals surface area contributed by atoms with Crippen molar-refractivity contribution in [2.24, 2.45) is 16.6 Å². The average molecular weight is 632 g/mol. The van der Waals surface area contributed by atoms with E-state index in [4.69, 9.17) is 10.5 Å². The number of likely N-dealkylation sites (tertiary alicyclic amines) is 1. The minimum absolute atomic E-state index is 0.0661. The number of aliphatic hydroxyl groups is 1. The van der Waals surface area contributed by atoms with Gasteiger partial charge >= 0.3 is 0 Å². The Balaban J connectivity index is 1.46. The molecule has 1 heterocycles. The molecule has 1 aliphatic heterocycles. The van der Waals surface area contributed by atoms with Crippen LogP contribution in [0.3, 0.4) is 0 Å². The van der Waals surface area contributed by atoms with Gasteiger partial charge in [-0.05, 0) is 104 Å². The number of nitrogens with one attached hydrogen (secondary N) is 2. The third kappa shape index (κ3) is 10.3. The maximum atomic E-state index is 14.0. The standard InChI is InChI=1S/C35H45N5O4S/c1-3-44-30-15-13-27(14-16-30)28-9-6-11-31(23-28)45-39-32(22-26-8-4-10-29(21-26)34(36)38-24-41)35(43)40-19-17-25(18-20-40)7-5-12-33(42)37-2/h4,6,8-11,13-16,21,23,25,32,39,41H,3,5,7,12,17-20,22,24H2,1-2H3,(H2,36,38)(H,37,42)/t32-/m0/s1. The zero-order chi connectivity index (χ0) is 32.0. The van der Waals surface area contributed by atoms with Gasteiger partial charge in [0.05, 0.1) is 6.61 Å². The first-order chi connectivity index (χ1) is 21.9. The van der Waals surface area contributed by atoms with Crippen molar-refractivity contribution >= 4 is 29.6 Å². The summed E-state index contributed by atoms with van der Waals surface area (Å²) in [6.07, 6.45) is 4.76. The molecule has 3 aromatic rings. The second-order valence-corrected chi connectivity index (χ2v) is 12.1. The zero-order valence-corrected chi connectivity index (χ0v) is 27.0. The minimum atomic E-state index is -0.472. The fraction of sp³-hybridized carbons (Fsp3) is 0.400. The highest BCUT2D eigenvalue weighted by Gasteiger charge is 2.29. The second-order valence-electron chi connectivity index (χ2n) is 11.2. The molecular formula is C35H45N5O4S. The highest BCUT2D eigenvalue weighted by atomic mass is 32.2. The third-order valence-electron chi connectivity index (χ3n) is 8.07. The first kappa shape index (κ1) is 34.0. The quantitative estimate of drug-likeness (QED) is 0.108. The minimum Gasteiger partial charge on any atom is -0.494 e. The molecule has 240 valence electrons. The van der Waals surface area contributed by atoms with E-state index in [1.165, 1.54) is 11.9 Å². The van der Waals surface area contributed by atoms with Crippen LogP contribution in [0.1, 0.15) is 50.2 Å². The van der Waals surface area contributed by atoms with Crippen LogP contribution < -0.4 is 20.5 Å².